The molecule has 0 saturated heterocycles. The second-order valence-corrected chi connectivity index (χ2v) is 7.97. The maximum atomic E-state index is 2.42. The zero-order chi connectivity index (χ0) is 18.4. The maximum absolute atomic E-state index is 2.42. The van der Waals surface area contributed by atoms with Gasteiger partial charge in [-0.1, -0.05) is 92.7 Å². The van der Waals surface area contributed by atoms with Gasteiger partial charge in [0.2, 0.25) is 0 Å². The summed E-state index contributed by atoms with van der Waals surface area (Å²) in [5, 5.41) is 2.70. The largest absolute Gasteiger partial charge is 0.0665 e. The van der Waals surface area contributed by atoms with Crippen LogP contribution in [0.3, 0.4) is 0 Å². The van der Waals surface area contributed by atoms with E-state index in [-0.39, 0.29) is 5.41 Å². The molecular weight excluding hydrogens is 324 g/mol. The predicted octanol–water partition coefficient (Wildman–Crippen LogP) is 5.35. The van der Waals surface area contributed by atoms with E-state index in [0.29, 0.717) is 0 Å². The topological polar surface area (TPSA) is 0 Å². The monoisotopic (exact) mass is 346 g/mol. The molecule has 0 fully saturated rings. The molecule has 130 valence electrons. The second kappa shape index (κ2) is 5.96. The van der Waals surface area contributed by atoms with Crippen molar-refractivity contribution < 1.29 is 0 Å². The average Bonchev–Trinajstić information content (AvgIpc) is 3.07. The van der Waals surface area contributed by atoms with Crippen LogP contribution in [-0.2, 0) is 0 Å². The van der Waals surface area contributed by atoms with Gasteiger partial charge >= 0.3 is 0 Å². The molecule has 2 aliphatic rings. The van der Waals surface area contributed by atoms with Crippen molar-refractivity contribution in [2.75, 3.05) is 0 Å². The third-order valence-electron chi connectivity index (χ3n) is 5.61. The number of benzene rings is 3. The summed E-state index contributed by atoms with van der Waals surface area (Å²) in [7, 11) is 0. The van der Waals surface area contributed by atoms with Crippen LogP contribution in [-0.4, -0.2) is 0 Å². The van der Waals surface area contributed by atoms with E-state index in [1.54, 1.807) is 0 Å². The van der Waals surface area contributed by atoms with Crippen LogP contribution in [0.4, 0.5) is 0 Å². The van der Waals surface area contributed by atoms with Crippen LogP contribution in [0.15, 0.2) is 96.6 Å². The van der Waals surface area contributed by atoms with Gasteiger partial charge in [-0.2, -0.15) is 0 Å². The number of fused-ring (bicyclic) bond motifs is 2. The molecule has 5 rings (SSSR count). The highest BCUT2D eigenvalue weighted by Crippen LogP contribution is 2.43. The van der Waals surface area contributed by atoms with Crippen molar-refractivity contribution in [3.05, 3.63) is 113 Å². The third-order valence-corrected chi connectivity index (χ3v) is 5.61. The molecule has 0 aliphatic heterocycles. The number of hydrogen-bond acceptors (Lipinski definition) is 0. The Morgan fingerprint density at radius 2 is 1.26 bits per heavy atom. The minimum absolute atomic E-state index is 0.00762. The highest BCUT2D eigenvalue weighted by molar-refractivity contribution is 5.95. The van der Waals surface area contributed by atoms with Gasteiger partial charge in [-0.05, 0) is 62.1 Å². The number of hydrogen-bond donors (Lipinski definition) is 0. The van der Waals surface area contributed by atoms with Crippen LogP contribution in [0.5, 0.6) is 0 Å². The summed E-state index contributed by atoms with van der Waals surface area (Å²) >= 11 is 0. The Kier molecular flexibility index (Phi) is 3.55. The Bertz CT molecular complexity index is 1200. The van der Waals surface area contributed by atoms with E-state index in [0.717, 1.165) is 0 Å². The number of rotatable bonds is 2. The van der Waals surface area contributed by atoms with Crippen molar-refractivity contribution in [1.29, 1.82) is 0 Å². The fourth-order valence-corrected chi connectivity index (χ4v) is 4.40. The van der Waals surface area contributed by atoms with Gasteiger partial charge in [0.25, 0.3) is 0 Å². The summed E-state index contributed by atoms with van der Waals surface area (Å²) in [5.74, 6) is 0. The van der Waals surface area contributed by atoms with Crippen molar-refractivity contribution in [2.24, 2.45) is 5.41 Å². The highest BCUT2D eigenvalue weighted by atomic mass is 14.3. The van der Waals surface area contributed by atoms with Gasteiger partial charge in [0, 0.05) is 5.41 Å². The molecule has 0 spiro atoms. The molecule has 0 saturated carbocycles. The molecule has 0 unspecified atom stereocenters. The summed E-state index contributed by atoms with van der Waals surface area (Å²) in [6.07, 6.45) is 7.11. The molecule has 0 N–H and O–H groups in total. The average molecular weight is 346 g/mol. The van der Waals surface area contributed by atoms with Crippen molar-refractivity contribution in [3.63, 3.8) is 0 Å². The summed E-state index contributed by atoms with van der Waals surface area (Å²) in [6.45, 7) is 4.66. The molecule has 0 heteroatoms. The van der Waals surface area contributed by atoms with Crippen LogP contribution in [0, 0.1) is 5.41 Å². The first-order valence-corrected chi connectivity index (χ1v) is 9.54. The van der Waals surface area contributed by atoms with Gasteiger partial charge in [-0.15, -0.1) is 0 Å². The van der Waals surface area contributed by atoms with E-state index in [2.05, 4.69) is 111 Å². The molecule has 3 aromatic rings. The van der Waals surface area contributed by atoms with Crippen LogP contribution < -0.4 is 10.4 Å². The standard InChI is InChI=1S/C27H22/c1-27(2)18-24(20-11-7-4-8-12-20)16-23-15-22-14-13-21(17-25(22)26(23)27)19-9-5-3-6-10-19/h3-18H,1-2H3. The van der Waals surface area contributed by atoms with E-state index in [1.807, 2.05) is 0 Å². The lowest BCUT2D eigenvalue weighted by Gasteiger charge is -2.29. The van der Waals surface area contributed by atoms with E-state index in [1.165, 1.54) is 43.8 Å². The molecule has 0 heterocycles. The first-order valence-electron chi connectivity index (χ1n) is 9.54. The third kappa shape index (κ3) is 2.69. The van der Waals surface area contributed by atoms with Gasteiger partial charge in [-0.3, -0.25) is 0 Å². The lowest BCUT2D eigenvalue weighted by Crippen LogP contribution is -2.28. The van der Waals surface area contributed by atoms with Crippen LogP contribution in [0.2, 0.25) is 0 Å². The normalized spacial score (nSPS) is 16.7. The van der Waals surface area contributed by atoms with E-state index < -0.39 is 0 Å². The fraction of sp³-hybridized carbons (Fsp3) is 0.111. The first kappa shape index (κ1) is 16.1. The molecule has 0 aromatic heterocycles. The zero-order valence-corrected chi connectivity index (χ0v) is 15.7. The molecule has 0 amide bonds. The molecule has 0 radical (unpaired) electrons. The van der Waals surface area contributed by atoms with E-state index in [4.69, 9.17) is 0 Å². The Balaban J connectivity index is 1.71. The molecule has 27 heavy (non-hydrogen) atoms. The van der Waals surface area contributed by atoms with Gasteiger partial charge < -0.3 is 0 Å². The molecule has 2 aliphatic carbocycles. The van der Waals surface area contributed by atoms with Crippen molar-refractivity contribution in [3.8, 4) is 11.1 Å². The van der Waals surface area contributed by atoms with Crippen molar-refractivity contribution in [2.45, 2.75) is 13.8 Å². The SMILES string of the molecule is CC1(C)C=C(c2ccccc2)C=C2C=c3ccc(-c4ccccc4)cc3=C21. The van der Waals surface area contributed by atoms with Crippen molar-refractivity contribution in [1.82, 2.24) is 0 Å². The van der Waals surface area contributed by atoms with Crippen LogP contribution in [0.1, 0.15) is 19.4 Å². The van der Waals surface area contributed by atoms with Gasteiger partial charge in [0.1, 0.15) is 0 Å². The highest BCUT2D eigenvalue weighted by Gasteiger charge is 2.30. The minimum Gasteiger partial charge on any atom is -0.0665 e. The lowest BCUT2D eigenvalue weighted by molar-refractivity contribution is 0.647. The second-order valence-electron chi connectivity index (χ2n) is 7.97. The Labute approximate surface area is 160 Å². The molecular formula is C27H22. The Morgan fingerprint density at radius 1 is 0.593 bits per heavy atom. The quantitative estimate of drug-likeness (QED) is 0.587. The Morgan fingerprint density at radius 3 is 1.96 bits per heavy atom. The van der Waals surface area contributed by atoms with Gasteiger partial charge in [0.15, 0.2) is 0 Å². The fourth-order valence-electron chi connectivity index (χ4n) is 4.40. The molecule has 0 bridgehead atoms. The maximum Gasteiger partial charge on any atom is 0.00965 e. The Hall–Kier alpha value is -3.12. The molecule has 0 nitrogen and oxygen atoms in total. The van der Waals surface area contributed by atoms with Crippen molar-refractivity contribution >= 4 is 17.2 Å². The summed E-state index contributed by atoms with van der Waals surface area (Å²) in [5.41, 5.74) is 7.93. The van der Waals surface area contributed by atoms with E-state index >= 15 is 0 Å². The summed E-state index contributed by atoms with van der Waals surface area (Å²) in [6, 6.07) is 28.2. The number of allylic oxidation sites excluding steroid dienone is 4. The van der Waals surface area contributed by atoms with Gasteiger partial charge in [0.05, 0.1) is 0 Å². The van der Waals surface area contributed by atoms with Gasteiger partial charge in [-0.25, -0.2) is 0 Å². The summed E-state index contributed by atoms with van der Waals surface area (Å²) in [4.78, 5) is 0. The molecule has 0 atom stereocenters. The van der Waals surface area contributed by atoms with Crippen LogP contribution in [0.25, 0.3) is 28.3 Å². The smallest absolute Gasteiger partial charge is 0.00965 e. The zero-order valence-electron chi connectivity index (χ0n) is 15.7. The minimum atomic E-state index is -0.00762. The van der Waals surface area contributed by atoms with Crippen LogP contribution >= 0.6 is 0 Å². The predicted molar refractivity (Wildman–Crippen MR) is 115 cm³/mol. The summed E-state index contributed by atoms with van der Waals surface area (Å²) < 4.78 is 0. The first-order chi connectivity index (χ1) is 13.1. The van der Waals surface area contributed by atoms with E-state index in [9.17, 15) is 0 Å². The lowest BCUT2D eigenvalue weighted by atomic mass is 9.74. The molecule has 3 aromatic carbocycles.